The topological polar surface area (TPSA) is 99.9 Å². The molecule has 0 saturated heterocycles. The van der Waals surface area contributed by atoms with E-state index >= 15 is 0 Å². The lowest BCUT2D eigenvalue weighted by molar-refractivity contribution is 0.0942. The zero-order chi connectivity index (χ0) is 20.9. The molecule has 1 aromatic heterocycles. The summed E-state index contributed by atoms with van der Waals surface area (Å²) in [7, 11) is -3.54. The maximum Gasteiger partial charge on any atom is 0.251 e. The number of carbonyl (C=O) groups is 1. The molecule has 1 heterocycles. The second-order valence-electron chi connectivity index (χ2n) is 6.54. The maximum atomic E-state index is 12.5. The molecule has 0 aliphatic rings. The lowest BCUT2D eigenvalue weighted by atomic mass is 10.1. The third-order valence-electron chi connectivity index (χ3n) is 4.60. The number of hydrogen-bond acceptors (Lipinski definition) is 5. The molecule has 154 valence electrons. The molecule has 0 saturated carbocycles. The first-order chi connectivity index (χ1) is 13.2. The van der Waals surface area contributed by atoms with E-state index in [2.05, 4.69) is 5.32 Å². The average Bonchev–Trinajstić information content (AvgIpc) is 3.00. The van der Waals surface area contributed by atoms with Crippen LogP contribution in [0.2, 0.25) is 0 Å². The monoisotopic (exact) mass is 408 g/mol. The molecular formula is C20H28N2O5S. The van der Waals surface area contributed by atoms with E-state index in [0.717, 1.165) is 11.3 Å². The summed E-state index contributed by atoms with van der Waals surface area (Å²) < 4.78 is 31.7. The number of rotatable bonds is 9. The van der Waals surface area contributed by atoms with Gasteiger partial charge in [-0.05, 0) is 50.6 Å². The van der Waals surface area contributed by atoms with Gasteiger partial charge in [0.15, 0.2) is 0 Å². The standard InChI is InChI=1S/C20H28N2O5S/c1-5-22(6-2)28(25,26)17-9-7-16(8-10-17)20(24)21-12-11-19(23)18-13-14(3)27-15(18)4/h7-10,13,19,23H,5-6,11-12H2,1-4H3,(H,21,24). The first-order valence-electron chi connectivity index (χ1n) is 9.34. The van der Waals surface area contributed by atoms with Crippen LogP contribution in [0.25, 0.3) is 0 Å². The normalized spacial score (nSPS) is 12.9. The average molecular weight is 409 g/mol. The number of aliphatic hydroxyl groups excluding tert-OH is 1. The first-order valence-corrected chi connectivity index (χ1v) is 10.8. The van der Waals surface area contributed by atoms with Gasteiger partial charge in [-0.2, -0.15) is 4.31 Å². The highest BCUT2D eigenvalue weighted by Gasteiger charge is 2.21. The van der Waals surface area contributed by atoms with Crippen LogP contribution in [0, 0.1) is 13.8 Å². The molecule has 2 N–H and O–H groups in total. The van der Waals surface area contributed by atoms with Crippen LogP contribution in [0.3, 0.4) is 0 Å². The highest BCUT2D eigenvalue weighted by molar-refractivity contribution is 7.89. The minimum atomic E-state index is -3.54. The van der Waals surface area contributed by atoms with E-state index < -0.39 is 16.1 Å². The van der Waals surface area contributed by atoms with Crippen molar-refractivity contribution in [2.24, 2.45) is 0 Å². The zero-order valence-electron chi connectivity index (χ0n) is 16.7. The minimum Gasteiger partial charge on any atom is -0.466 e. The van der Waals surface area contributed by atoms with Crippen LogP contribution in [-0.2, 0) is 10.0 Å². The Bertz CT molecular complexity index is 899. The fourth-order valence-electron chi connectivity index (χ4n) is 3.05. The third-order valence-corrected chi connectivity index (χ3v) is 6.67. The Morgan fingerprint density at radius 1 is 1.18 bits per heavy atom. The van der Waals surface area contributed by atoms with Gasteiger partial charge in [-0.15, -0.1) is 0 Å². The Balaban J connectivity index is 1.95. The van der Waals surface area contributed by atoms with Crippen LogP contribution in [0.1, 0.15) is 53.8 Å². The number of aryl methyl sites for hydroxylation is 2. The van der Waals surface area contributed by atoms with E-state index in [-0.39, 0.29) is 17.3 Å². The van der Waals surface area contributed by atoms with Crippen molar-refractivity contribution >= 4 is 15.9 Å². The predicted molar refractivity (Wildman–Crippen MR) is 107 cm³/mol. The summed E-state index contributed by atoms with van der Waals surface area (Å²) in [5.41, 5.74) is 1.08. The van der Waals surface area contributed by atoms with Gasteiger partial charge in [0.05, 0.1) is 11.0 Å². The van der Waals surface area contributed by atoms with E-state index in [4.69, 9.17) is 4.42 Å². The number of aliphatic hydroxyl groups is 1. The minimum absolute atomic E-state index is 0.161. The number of nitrogens with one attached hydrogen (secondary N) is 1. The molecule has 1 aromatic carbocycles. The van der Waals surface area contributed by atoms with Crippen molar-refractivity contribution in [1.82, 2.24) is 9.62 Å². The van der Waals surface area contributed by atoms with Gasteiger partial charge in [0.25, 0.3) is 5.91 Å². The predicted octanol–water partition coefficient (Wildman–Crippen LogP) is 2.78. The third kappa shape index (κ3) is 5.01. The summed E-state index contributed by atoms with van der Waals surface area (Å²) in [5, 5.41) is 13.0. The molecule has 1 amide bonds. The van der Waals surface area contributed by atoms with Crippen molar-refractivity contribution in [2.45, 2.75) is 45.1 Å². The Morgan fingerprint density at radius 3 is 2.29 bits per heavy atom. The summed E-state index contributed by atoms with van der Waals surface area (Å²) in [6, 6.07) is 7.65. The van der Waals surface area contributed by atoms with Gasteiger partial charge in [0.2, 0.25) is 10.0 Å². The Labute approximate surface area is 166 Å². The molecular weight excluding hydrogens is 380 g/mol. The van der Waals surface area contributed by atoms with E-state index in [0.29, 0.717) is 30.8 Å². The lowest BCUT2D eigenvalue weighted by Gasteiger charge is -2.18. The highest BCUT2D eigenvalue weighted by atomic mass is 32.2. The summed E-state index contributed by atoms with van der Waals surface area (Å²) in [5.74, 6) is 1.08. The fraction of sp³-hybridized carbons (Fsp3) is 0.450. The molecule has 28 heavy (non-hydrogen) atoms. The van der Waals surface area contributed by atoms with Crippen molar-refractivity contribution in [2.75, 3.05) is 19.6 Å². The number of sulfonamides is 1. The van der Waals surface area contributed by atoms with Crippen molar-refractivity contribution in [3.63, 3.8) is 0 Å². The molecule has 7 nitrogen and oxygen atoms in total. The van der Waals surface area contributed by atoms with Gasteiger partial charge in [0.1, 0.15) is 11.5 Å². The number of hydrogen-bond donors (Lipinski definition) is 2. The molecule has 8 heteroatoms. The second-order valence-corrected chi connectivity index (χ2v) is 8.48. The summed E-state index contributed by atoms with van der Waals surface area (Å²) in [6.45, 7) is 8.22. The van der Waals surface area contributed by atoms with Crippen LogP contribution in [0.15, 0.2) is 39.6 Å². The van der Waals surface area contributed by atoms with Crippen LogP contribution in [-0.4, -0.2) is 43.4 Å². The van der Waals surface area contributed by atoms with Gasteiger partial charge in [-0.3, -0.25) is 4.79 Å². The molecule has 1 unspecified atom stereocenters. The zero-order valence-corrected chi connectivity index (χ0v) is 17.5. The molecule has 0 fully saturated rings. The van der Waals surface area contributed by atoms with Gasteiger partial charge < -0.3 is 14.8 Å². The molecule has 2 aromatic rings. The fourth-order valence-corrected chi connectivity index (χ4v) is 4.51. The summed E-state index contributed by atoms with van der Waals surface area (Å²) in [4.78, 5) is 12.4. The smallest absolute Gasteiger partial charge is 0.251 e. The van der Waals surface area contributed by atoms with Crippen molar-refractivity contribution in [1.29, 1.82) is 0 Å². The number of nitrogens with zero attached hydrogens (tertiary/aromatic N) is 1. The molecule has 0 radical (unpaired) electrons. The number of amides is 1. The summed E-state index contributed by atoms with van der Waals surface area (Å²) in [6.07, 6.45) is -0.376. The van der Waals surface area contributed by atoms with Crippen molar-refractivity contribution in [3.8, 4) is 0 Å². The number of furan rings is 1. The molecule has 0 aliphatic carbocycles. The van der Waals surface area contributed by atoms with Gasteiger partial charge >= 0.3 is 0 Å². The van der Waals surface area contributed by atoms with Gasteiger partial charge in [-0.25, -0.2) is 8.42 Å². The van der Waals surface area contributed by atoms with E-state index in [9.17, 15) is 18.3 Å². The Morgan fingerprint density at radius 2 is 1.79 bits per heavy atom. The van der Waals surface area contributed by atoms with E-state index in [1.54, 1.807) is 26.8 Å². The Kier molecular flexibility index (Phi) is 7.40. The van der Waals surface area contributed by atoms with Crippen molar-refractivity contribution in [3.05, 3.63) is 53.0 Å². The number of benzene rings is 1. The maximum absolute atomic E-state index is 12.5. The van der Waals surface area contributed by atoms with Crippen LogP contribution in [0.5, 0.6) is 0 Å². The number of carbonyl (C=O) groups excluding carboxylic acids is 1. The van der Waals surface area contributed by atoms with Gasteiger partial charge in [0, 0.05) is 30.8 Å². The summed E-state index contributed by atoms with van der Waals surface area (Å²) >= 11 is 0. The molecule has 0 bridgehead atoms. The van der Waals surface area contributed by atoms with Gasteiger partial charge in [-0.1, -0.05) is 13.8 Å². The molecule has 1 atom stereocenters. The van der Waals surface area contributed by atoms with E-state index in [1.807, 2.05) is 6.92 Å². The Hall–Kier alpha value is -2.16. The second kappa shape index (κ2) is 9.36. The SMILES string of the molecule is CCN(CC)S(=O)(=O)c1ccc(C(=O)NCCC(O)c2cc(C)oc2C)cc1. The molecule has 0 spiro atoms. The van der Waals surface area contributed by atoms with Crippen LogP contribution in [0.4, 0.5) is 0 Å². The lowest BCUT2D eigenvalue weighted by Crippen LogP contribution is -2.30. The molecule has 0 aliphatic heterocycles. The molecule has 2 rings (SSSR count). The highest BCUT2D eigenvalue weighted by Crippen LogP contribution is 2.23. The largest absolute Gasteiger partial charge is 0.466 e. The van der Waals surface area contributed by atoms with E-state index in [1.165, 1.54) is 28.6 Å². The quantitative estimate of drug-likeness (QED) is 0.665. The van der Waals surface area contributed by atoms with Crippen LogP contribution < -0.4 is 5.32 Å². The first kappa shape index (κ1) is 22.1. The van der Waals surface area contributed by atoms with Crippen LogP contribution >= 0.6 is 0 Å². The van der Waals surface area contributed by atoms with Crippen molar-refractivity contribution < 1.29 is 22.7 Å².